The summed E-state index contributed by atoms with van der Waals surface area (Å²) >= 11 is 0. The topological polar surface area (TPSA) is 77.5 Å². The molecule has 0 aliphatic rings. The molecule has 1 aromatic rings. The van der Waals surface area contributed by atoms with Gasteiger partial charge in [-0.2, -0.15) is 0 Å². The van der Waals surface area contributed by atoms with Gasteiger partial charge in [-0.3, -0.25) is 10.1 Å². The van der Waals surface area contributed by atoms with Crippen molar-refractivity contribution in [2.75, 3.05) is 13.7 Å². The van der Waals surface area contributed by atoms with Gasteiger partial charge in [-0.05, 0) is 12.5 Å². The number of furan rings is 1. The Hall–Kier alpha value is -1.40. The number of nitrogens with one attached hydrogen (secondary N) is 1. The number of hydrogen-bond donors (Lipinski definition) is 1. The van der Waals surface area contributed by atoms with Crippen LogP contribution in [-0.4, -0.2) is 24.7 Å². The summed E-state index contributed by atoms with van der Waals surface area (Å²) in [5, 5.41) is 13.7. The van der Waals surface area contributed by atoms with E-state index in [-0.39, 0.29) is 11.9 Å². The van der Waals surface area contributed by atoms with E-state index in [9.17, 15) is 10.1 Å². The first-order valence-electron chi connectivity index (χ1n) is 5.62. The van der Waals surface area contributed by atoms with Gasteiger partial charge in [-0.1, -0.05) is 13.3 Å². The van der Waals surface area contributed by atoms with E-state index in [1.54, 1.807) is 13.2 Å². The molecule has 0 amide bonds. The largest absolute Gasteiger partial charge is 0.433 e. The summed E-state index contributed by atoms with van der Waals surface area (Å²) in [7, 11) is 1.65. The molecule has 1 aromatic heterocycles. The summed E-state index contributed by atoms with van der Waals surface area (Å²) in [6.07, 6.45) is 2.05. The third-order valence-electron chi connectivity index (χ3n) is 2.40. The van der Waals surface area contributed by atoms with Crippen molar-refractivity contribution in [3.63, 3.8) is 0 Å². The summed E-state index contributed by atoms with van der Waals surface area (Å²) in [6.45, 7) is 3.20. The van der Waals surface area contributed by atoms with Crippen LogP contribution in [0.1, 0.15) is 25.5 Å². The molecule has 1 rings (SSSR count). The average Bonchev–Trinajstić information content (AvgIpc) is 2.75. The molecule has 1 N–H and O–H groups in total. The molecular formula is C11H18N2O4. The minimum atomic E-state index is -0.540. The van der Waals surface area contributed by atoms with Crippen molar-refractivity contribution in [2.24, 2.45) is 0 Å². The Morgan fingerprint density at radius 2 is 2.35 bits per heavy atom. The van der Waals surface area contributed by atoms with E-state index in [2.05, 4.69) is 12.2 Å². The molecule has 0 fully saturated rings. The van der Waals surface area contributed by atoms with Gasteiger partial charge in [-0.25, -0.2) is 0 Å². The molecule has 1 heterocycles. The second-order valence-corrected chi connectivity index (χ2v) is 3.82. The molecule has 0 aromatic carbocycles. The van der Waals surface area contributed by atoms with Crippen molar-refractivity contribution >= 4 is 5.88 Å². The lowest BCUT2D eigenvalue weighted by molar-refractivity contribution is -0.402. The first kappa shape index (κ1) is 13.7. The van der Waals surface area contributed by atoms with Crippen LogP contribution in [0.2, 0.25) is 0 Å². The van der Waals surface area contributed by atoms with Crippen LogP contribution in [0.5, 0.6) is 0 Å². The lowest BCUT2D eigenvalue weighted by Gasteiger charge is -2.15. The fourth-order valence-electron chi connectivity index (χ4n) is 1.60. The summed E-state index contributed by atoms with van der Waals surface area (Å²) < 4.78 is 10.1. The van der Waals surface area contributed by atoms with Gasteiger partial charge in [0, 0.05) is 13.2 Å². The quantitative estimate of drug-likeness (QED) is 0.558. The minimum Gasteiger partial charge on any atom is -0.404 e. The van der Waals surface area contributed by atoms with Crippen LogP contribution in [0.15, 0.2) is 16.5 Å². The molecule has 0 saturated carbocycles. The predicted molar refractivity (Wildman–Crippen MR) is 62.8 cm³/mol. The molecular weight excluding hydrogens is 224 g/mol. The molecule has 0 spiro atoms. The normalized spacial score (nSPS) is 12.6. The molecule has 1 atom stereocenters. The van der Waals surface area contributed by atoms with E-state index in [4.69, 9.17) is 9.15 Å². The number of rotatable bonds is 8. The van der Waals surface area contributed by atoms with Gasteiger partial charge in [0.15, 0.2) is 0 Å². The van der Waals surface area contributed by atoms with Gasteiger partial charge < -0.3 is 14.5 Å². The van der Waals surface area contributed by atoms with Crippen molar-refractivity contribution in [3.05, 3.63) is 28.0 Å². The Kier molecular flexibility index (Phi) is 5.65. The van der Waals surface area contributed by atoms with Crippen LogP contribution >= 0.6 is 0 Å². The zero-order valence-electron chi connectivity index (χ0n) is 10.1. The fraction of sp³-hybridized carbons (Fsp3) is 0.636. The van der Waals surface area contributed by atoms with Gasteiger partial charge in [-0.15, -0.1) is 0 Å². The van der Waals surface area contributed by atoms with E-state index >= 15 is 0 Å². The second-order valence-electron chi connectivity index (χ2n) is 3.82. The van der Waals surface area contributed by atoms with Crippen LogP contribution in [-0.2, 0) is 11.3 Å². The number of nitrogens with zero attached hydrogens (tertiary/aromatic N) is 1. The SMILES string of the molecule is CCCC(COC)NCc1ccc([N+](=O)[O-])o1. The van der Waals surface area contributed by atoms with Crippen LogP contribution in [0.3, 0.4) is 0 Å². The highest BCUT2D eigenvalue weighted by atomic mass is 16.6. The van der Waals surface area contributed by atoms with Crippen LogP contribution < -0.4 is 5.32 Å². The zero-order valence-corrected chi connectivity index (χ0v) is 10.1. The number of nitro groups is 1. The molecule has 6 heteroatoms. The van der Waals surface area contributed by atoms with Crippen molar-refractivity contribution in [2.45, 2.75) is 32.4 Å². The predicted octanol–water partition coefficient (Wildman–Crippen LogP) is 2.09. The number of hydrogen-bond acceptors (Lipinski definition) is 5. The van der Waals surface area contributed by atoms with E-state index in [0.717, 1.165) is 12.8 Å². The molecule has 17 heavy (non-hydrogen) atoms. The summed E-state index contributed by atoms with van der Waals surface area (Å²) in [5.74, 6) is 0.342. The Morgan fingerprint density at radius 3 is 2.88 bits per heavy atom. The average molecular weight is 242 g/mol. The molecule has 6 nitrogen and oxygen atoms in total. The summed E-state index contributed by atoms with van der Waals surface area (Å²) in [6, 6.07) is 3.22. The Balaban J connectivity index is 2.44. The number of methoxy groups -OCH3 is 1. The molecule has 0 saturated heterocycles. The minimum absolute atomic E-state index is 0.222. The first-order chi connectivity index (χ1) is 8.17. The highest BCUT2D eigenvalue weighted by Gasteiger charge is 2.13. The second kappa shape index (κ2) is 7.03. The molecule has 0 aliphatic heterocycles. The standard InChI is InChI=1S/C11H18N2O4/c1-3-4-9(8-16-2)12-7-10-5-6-11(17-10)13(14)15/h5-6,9,12H,3-4,7-8H2,1-2H3. The van der Waals surface area contributed by atoms with Crippen LogP contribution in [0.4, 0.5) is 5.88 Å². The van der Waals surface area contributed by atoms with Gasteiger partial charge in [0.25, 0.3) is 0 Å². The Bertz CT molecular complexity index is 345. The number of ether oxygens (including phenoxy) is 1. The molecule has 0 radical (unpaired) electrons. The van der Waals surface area contributed by atoms with E-state index in [0.29, 0.717) is 18.9 Å². The van der Waals surface area contributed by atoms with Gasteiger partial charge >= 0.3 is 5.88 Å². The Labute approximate surface area is 100 Å². The first-order valence-corrected chi connectivity index (χ1v) is 5.62. The van der Waals surface area contributed by atoms with Gasteiger partial charge in [0.05, 0.1) is 19.2 Å². The summed E-state index contributed by atoms with van der Waals surface area (Å²) in [4.78, 5) is 9.89. The van der Waals surface area contributed by atoms with Gasteiger partial charge in [0.2, 0.25) is 0 Å². The maximum absolute atomic E-state index is 10.4. The van der Waals surface area contributed by atoms with Crippen molar-refractivity contribution in [1.29, 1.82) is 0 Å². The van der Waals surface area contributed by atoms with E-state index in [1.165, 1.54) is 6.07 Å². The van der Waals surface area contributed by atoms with Crippen LogP contribution in [0, 0.1) is 10.1 Å². The molecule has 1 unspecified atom stereocenters. The van der Waals surface area contributed by atoms with Gasteiger partial charge in [0.1, 0.15) is 10.7 Å². The summed E-state index contributed by atoms with van der Waals surface area (Å²) in [5.41, 5.74) is 0. The fourth-order valence-corrected chi connectivity index (χ4v) is 1.60. The lowest BCUT2D eigenvalue weighted by atomic mass is 10.2. The molecule has 0 aliphatic carbocycles. The van der Waals surface area contributed by atoms with Crippen molar-refractivity contribution in [1.82, 2.24) is 5.32 Å². The van der Waals surface area contributed by atoms with E-state index in [1.807, 2.05) is 0 Å². The molecule has 96 valence electrons. The molecule has 0 bridgehead atoms. The maximum Gasteiger partial charge on any atom is 0.433 e. The van der Waals surface area contributed by atoms with E-state index < -0.39 is 4.92 Å². The lowest BCUT2D eigenvalue weighted by Crippen LogP contribution is -2.32. The third-order valence-corrected chi connectivity index (χ3v) is 2.40. The Morgan fingerprint density at radius 1 is 1.59 bits per heavy atom. The maximum atomic E-state index is 10.4. The third kappa shape index (κ3) is 4.54. The smallest absolute Gasteiger partial charge is 0.404 e. The monoisotopic (exact) mass is 242 g/mol. The zero-order chi connectivity index (χ0) is 12.7. The van der Waals surface area contributed by atoms with Crippen LogP contribution in [0.25, 0.3) is 0 Å². The van der Waals surface area contributed by atoms with Crippen molar-refractivity contribution in [3.8, 4) is 0 Å². The highest BCUT2D eigenvalue weighted by Crippen LogP contribution is 2.15. The van der Waals surface area contributed by atoms with Crippen molar-refractivity contribution < 1.29 is 14.1 Å². The highest BCUT2D eigenvalue weighted by molar-refractivity contribution is 5.17.